The van der Waals surface area contributed by atoms with Gasteiger partial charge in [-0.25, -0.2) is 18.4 Å². The van der Waals surface area contributed by atoms with Gasteiger partial charge in [0.05, 0.1) is 41.6 Å². The Morgan fingerprint density at radius 2 is 1.79 bits per heavy atom. The zero-order chi connectivity index (χ0) is 33.4. The molecule has 3 aliphatic rings. The summed E-state index contributed by atoms with van der Waals surface area (Å²) >= 11 is 0. The predicted octanol–water partition coefficient (Wildman–Crippen LogP) is 4.18. The zero-order valence-corrected chi connectivity index (χ0v) is 25.5. The van der Waals surface area contributed by atoms with Crippen molar-refractivity contribution in [3.8, 4) is 11.5 Å². The summed E-state index contributed by atoms with van der Waals surface area (Å²) < 4.78 is 52.8. The number of carboxylic acid groups (broad SMARTS) is 1. The number of aromatic nitrogens is 1. The van der Waals surface area contributed by atoms with E-state index in [9.17, 15) is 23.6 Å². The molecule has 13 nitrogen and oxygen atoms in total. The van der Waals surface area contributed by atoms with Gasteiger partial charge in [-0.1, -0.05) is 0 Å². The van der Waals surface area contributed by atoms with Gasteiger partial charge in [0.1, 0.15) is 18.5 Å². The fraction of sp³-hybridized carbons (Fsp3) is 0.438. The predicted molar refractivity (Wildman–Crippen MR) is 164 cm³/mol. The van der Waals surface area contributed by atoms with Gasteiger partial charge in [0.15, 0.2) is 23.4 Å². The number of piperidine rings is 1. The number of nitrogens with zero attached hydrogens (tertiary/aromatic N) is 3. The fourth-order valence-electron chi connectivity index (χ4n) is 5.85. The van der Waals surface area contributed by atoms with Crippen LogP contribution in [-0.4, -0.2) is 72.9 Å². The van der Waals surface area contributed by atoms with Crippen LogP contribution in [-0.2, 0) is 14.3 Å². The molecule has 3 fully saturated rings. The average molecular weight is 657 g/mol. The van der Waals surface area contributed by atoms with E-state index in [-0.39, 0.29) is 54.3 Å². The van der Waals surface area contributed by atoms with E-state index in [4.69, 9.17) is 25.1 Å². The third-order valence-corrected chi connectivity index (χ3v) is 8.52. The SMILES string of the molecule is C[C@H](N)C(=O)OC[C@H]1CN(c2ccc(OCC3CCN(c4cc5c(cc4F)c(=O)c(OC(=O)O)cn5C4CC4)CC3)c(F)c2)C(=O)O1. The van der Waals surface area contributed by atoms with Gasteiger partial charge in [0.2, 0.25) is 5.43 Å². The van der Waals surface area contributed by atoms with Crippen molar-refractivity contribution >= 4 is 40.5 Å². The smallest absolute Gasteiger partial charge is 0.490 e. The van der Waals surface area contributed by atoms with E-state index in [0.29, 0.717) is 37.1 Å². The molecule has 3 heterocycles. The summed E-state index contributed by atoms with van der Waals surface area (Å²) in [6.45, 7) is 2.63. The van der Waals surface area contributed by atoms with Crippen molar-refractivity contribution in [2.24, 2.45) is 11.7 Å². The molecule has 47 heavy (non-hydrogen) atoms. The molecule has 1 aliphatic carbocycles. The quantitative estimate of drug-likeness (QED) is 0.301. The lowest BCUT2D eigenvalue weighted by Crippen LogP contribution is -2.36. The topological polar surface area (TPSA) is 163 Å². The van der Waals surface area contributed by atoms with E-state index in [1.807, 2.05) is 4.90 Å². The second-order valence-corrected chi connectivity index (χ2v) is 12.0. The number of hydrogen-bond acceptors (Lipinski definition) is 10. The first-order valence-corrected chi connectivity index (χ1v) is 15.3. The molecule has 250 valence electrons. The second kappa shape index (κ2) is 13.1. The minimum absolute atomic E-state index is 0.0241. The lowest BCUT2D eigenvalue weighted by atomic mass is 9.97. The van der Waals surface area contributed by atoms with E-state index in [1.165, 1.54) is 30.2 Å². The summed E-state index contributed by atoms with van der Waals surface area (Å²) in [5, 5.41) is 9.07. The Morgan fingerprint density at radius 1 is 1.04 bits per heavy atom. The van der Waals surface area contributed by atoms with E-state index in [1.54, 1.807) is 16.7 Å². The van der Waals surface area contributed by atoms with Crippen molar-refractivity contribution in [2.45, 2.75) is 50.8 Å². The molecule has 2 aromatic carbocycles. The summed E-state index contributed by atoms with van der Waals surface area (Å²) in [4.78, 5) is 51.0. The maximum absolute atomic E-state index is 15.4. The van der Waals surface area contributed by atoms with Crippen molar-refractivity contribution in [3.05, 3.63) is 58.4 Å². The molecule has 2 aliphatic heterocycles. The largest absolute Gasteiger partial charge is 0.511 e. The number of ether oxygens (including phenoxy) is 4. The second-order valence-electron chi connectivity index (χ2n) is 12.0. The van der Waals surface area contributed by atoms with Crippen LogP contribution in [0.25, 0.3) is 10.9 Å². The summed E-state index contributed by atoms with van der Waals surface area (Å²) in [7, 11) is 0. The van der Waals surface area contributed by atoms with Gasteiger partial charge < -0.3 is 39.3 Å². The van der Waals surface area contributed by atoms with Gasteiger partial charge in [-0.05, 0) is 62.8 Å². The highest BCUT2D eigenvalue weighted by molar-refractivity contribution is 5.90. The molecule has 0 spiro atoms. The Morgan fingerprint density at radius 3 is 2.45 bits per heavy atom. The lowest BCUT2D eigenvalue weighted by Gasteiger charge is -2.34. The molecule has 0 unspecified atom stereocenters. The van der Waals surface area contributed by atoms with E-state index in [0.717, 1.165) is 18.9 Å². The Hall–Kier alpha value is -4.92. The maximum atomic E-state index is 15.4. The first-order chi connectivity index (χ1) is 22.5. The highest BCUT2D eigenvalue weighted by atomic mass is 19.1. The molecule has 0 radical (unpaired) electrons. The van der Waals surface area contributed by atoms with Crippen LogP contribution in [0.5, 0.6) is 11.5 Å². The molecule has 3 N–H and O–H groups in total. The third kappa shape index (κ3) is 6.94. The fourth-order valence-corrected chi connectivity index (χ4v) is 5.85. The number of pyridine rings is 1. The molecule has 3 aromatic rings. The molecular weight excluding hydrogens is 622 g/mol. The van der Waals surface area contributed by atoms with Crippen LogP contribution in [0.1, 0.15) is 38.6 Å². The maximum Gasteiger partial charge on any atom is 0.511 e. The number of benzene rings is 2. The van der Waals surface area contributed by atoms with Crippen LogP contribution in [0.2, 0.25) is 0 Å². The van der Waals surface area contributed by atoms with E-state index < -0.39 is 47.4 Å². The summed E-state index contributed by atoms with van der Waals surface area (Å²) in [6.07, 6.45) is 1.35. The standard InChI is InChI=1S/C32H34F2N4O9/c1-17(35)30(40)45-16-21-13-38(31(41)46-21)20-4-5-27(24(34)10-20)44-15-18-6-8-36(9-7-18)26-12-25-22(11-23(26)33)29(39)28(47-32(42)43)14-37(25)19-2-3-19/h4-5,10-12,14,17-19,21H,2-3,6-9,13,15-16,35H2,1H3,(H,42,43)/t17-,21+/m0/s1. The van der Waals surface area contributed by atoms with Crippen molar-refractivity contribution in [1.82, 2.24) is 4.57 Å². The molecule has 2 saturated heterocycles. The number of carbonyl (C=O) groups excluding carboxylic acids is 2. The van der Waals surface area contributed by atoms with Crippen molar-refractivity contribution in [2.75, 3.05) is 42.6 Å². The van der Waals surface area contributed by atoms with Crippen LogP contribution in [0, 0.1) is 17.6 Å². The number of hydrogen-bond donors (Lipinski definition) is 2. The van der Waals surface area contributed by atoms with Gasteiger partial charge in [-0.3, -0.25) is 14.5 Å². The highest BCUT2D eigenvalue weighted by Crippen LogP contribution is 2.39. The molecule has 2 atom stereocenters. The number of carbonyl (C=O) groups is 3. The summed E-state index contributed by atoms with van der Waals surface area (Å²) in [5.41, 5.74) is 5.90. The van der Waals surface area contributed by atoms with Crippen LogP contribution in [0.3, 0.4) is 0 Å². The molecule has 15 heteroatoms. The van der Waals surface area contributed by atoms with Crippen molar-refractivity contribution in [3.63, 3.8) is 0 Å². The number of rotatable bonds is 10. The van der Waals surface area contributed by atoms with Crippen molar-refractivity contribution in [1.29, 1.82) is 0 Å². The Labute approximate surface area is 267 Å². The number of amides is 1. The Bertz CT molecular complexity index is 1770. The van der Waals surface area contributed by atoms with Gasteiger partial charge in [-0.15, -0.1) is 0 Å². The summed E-state index contributed by atoms with van der Waals surface area (Å²) in [5.74, 6) is -2.14. The molecule has 0 bridgehead atoms. The molecule has 1 aromatic heterocycles. The van der Waals surface area contributed by atoms with E-state index in [2.05, 4.69) is 4.74 Å². The monoisotopic (exact) mass is 656 g/mol. The third-order valence-electron chi connectivity index (χ3n) is 8.52. The van der Waals surface area contributed by atoms with Gasteiger partial charge in [-0.2, -0.15) is 0 Å². The number of cyclic esters (lactones) is 1. The minimum Gasteiger partial charge on any atom is -0.490 e. The number of halogens is 2. The number of fused-ring (bicyclic) bond motifs is 1. The Kier molecular flexibility index (Phi) is 8.90. The molecule has 6 rings (SSSR count). The zero-order valence-electron chi connectivity index (χ0n) is 25.5. The number of esters is 1. The number of nitrogens with two attached hydrogens (primary N) is 1. The lowest BCUT2D eigenvalue weighted by molar-refractivity contribution is -0.147. The van der Waals surface area contributed by atoms with Crippen LogP contribution >= 0.6 is 0 Å². The van der Waals surface area contributed by atoms with Gasteiger partial charge in [0.25, 0.3) is 0 Å². The average Bonchev–Trinajstić information content (AvgIpc) is 3.82. The minimum atomic E-state index is -1.62. The first-order valence-electron chi connectivity index (χ1n) is 15.3. The van der Waals surface area contributed by atoms with Gasteiger partial charge in [0, 0.05) is 25.2 Å². The van der Waals surface area contributed by atoms with Crippen LogP contribution in [0.4, 0.5) is 29.7 Å². The normalized spacial score (nSPS) is 19.1. The molecular formula is C32H34F2N4O9. The van der Waals surface area contributed by atoms with Crippen LogP contribution in [0.15, 0.2) is 41.3 Å². The van der Waals surface area contributed by atoms with E-state index >= 15 is 4.39 Å². The highest BCUT2D eigenvalue weighted by Gasteiger charge is 2.34. The van der Waals surface area contributed by atoms with Crippen molar-refractivity contribution < 1.29 is 47.2 Å². The number of anilines is 2. The first kappa shape index (κ1) is 32.0. The van der Waals surface area contributed by atoms with Crippen LogP contribution < -0.4 is 30.4 Å². The molecule has 1 saturated carbocycles. The Balaban J connectivity index is 1.06. The molecule has 1 amide bonds. The van der Waals surface area contributed by atoms with Gasteiger partial charge >= 0.3 is 18.2 Å². The summed E-state index contributed by atoms with van der Waals surface area (Å²) in [6, 6.07) is 6.19.